The molecule has 6 nitrogen and oxygen atoms in total. The summed E-state index contributed by atoms with van der Waals surface area (Å²) >= 11 is 13.4. The van der Waals surface area contributed by atoms with Crippen molar-refractivity contribution in [2.75, 3.05) is 11.5 Å². The van der Waals surface area contributed by atoms with Gasteiger partial charge in [-0.05, 0) is 36.4 Å². The predicted molar refractivity (Wildman–Crippen MR) is 93.4 cm³/mol. The fraction of sp³-hybridized carbons (Fsp3) is 0.267. The summed E-state index contributed by atoms with van der Waals surface area (Å²) in [6, 6.07) is 6.51. The molecule has 1 aromatic carbocycles. The van der Waals surface area contributed by atoms with Crippen molar-refractivity contribution in [3.05, 3.63) is 46.2 Å². The molecule has 1 saturated heterocycles. The normalized spacial score (nSPS) is 20.1. The van der Waals surface area contributed by atoms with Gasteiger partial charge in [-0.3, -0.25) is 4.79 Å². The monoisotopic (exact) mass is 385 g/mol. The van der Waals surface area contributed by atoms with Crippen molar-refractivity contribution >= 4 is 46.8 Å². The Morgan fingerprint density at radius 1 is 1.29 bits per heavy atom. The SMILES string of the molecule is O=C(NC1(C(=O)O)CCSC1)c1ccn(-c2ccc(Cl)c(Cl)c2)n1. The first-order chi connectivity index (χ1) is 11.4. The molecule has 1 aliphatic heterocycles. The number of nitrogens with zero attached hydrogens (tertiary/aromatic N) is 2. The molecule has 9 heteroatoms. The molecule has 1 atom stereocenters. The van der Waals surface area contributed by atoms with Crippen molar-refractivity contribution in [3.8, 4) is 5.69 Å². The number of aromatic nitrogens is 2. The van der Waals surface area contributed by atoms with E-state index in [2.05, 4.69) is 10.4 Å². The number of rotatable bonds is 4. The molecule has 0 radical (unpaired) electrons. The molecule has 2 N–H and O–H groups in total. The smallest absolute Gasteiger partial charge is 0.330 e. The van der Waals surface area contributed by atoms with Gasteiger partial charge >= 0.3 is 5.97 Å². The van der Waals surface area contributed by atoms with Gasteiger partial charge in [0.05, 0.1) is 15.7 Å². The number of nitrogens with one attached hydrogen (secondary N) is 1. The van der Waals surface area contributed by atoms with Gasteiger partial charge in [-0.2, -0.15) is 16.9 Å². The van der Waals surface area contributed by atoms with Gasteiger partial charge in [-0.15, -0.1) is 0 Å². The molecule has 1 fully saturated rings. The maximum absolute atomic E-state index is 12.4. The Kier molecular flexibility index (Phi) is 4.76. The standard InChI is InChI=1S/C15H13Cl2N3O3S/c16-10-2-1-9(7-11(10)17)20-5-3-12(19-20)13(21)18-15(14(22)23)4-6-24-8-15/h1-3,5,7H,4,6,8H2,(H,18,21)(H,22,23). The number of hydrogen-bond acceptors (Lipinski definition) is 4. The topological polar surface area (TPSA) is 84.2 Å². The van der Waals surface area contributed by atoms with Crippen LogP contribution in [0.25, 0.3) is 5.69 Å². The maximum atomic E-state index is 12.4. The zero-order valence-corrected chi connectivity index (χ0v) is 14.7. The highest BCUT2D eigenvalue weighted by atomic mass is 35.5. The van der Waals surface area contributed by atoms with E-state index in [0.717, 1.165) is 0 Å². The van der Waals surface area contributed by atoms with Gasteiger partial charge in [-0.25, -0.2) is 9.48 Å². The molecule has 3 rings (SSSR count). The zero-order valence-electron chi connectivity index (χ0n) is 12.3. The van der Waals surface area contributed by atoms with Crippen LogP contribution in [0.15, 0.2) is 30.5 Å². The van der Waals surface area contributed by atoms with Crippen LogP contribution in [-0.2, 0) is 4.79 Å². The Hall–Kier alpha value is -1.70. The first-order valence-electron chi connectivity index (χ1n) is 7.06. The molecule has 1 amide bonds. The van der Waals surface area contributed by atoms with Crippen molar-refractivity contribution in [3.63, 3.8) is 0 Å². The third-order valence-corrected chi connectivity index (χ3v) is 5.70. The number of hydrogen-bond donors (Lipinski definition) is 2. The molecule has 1 aromatic heterocycles. The molecule has 0 bridgehead atoms. The summed E-state index contributed by atoms with van der Waals surface area (Å²) in [6.07, 6.45) is 2.00. The van der Waals surface area contributed by atoms with E-state index in [4.69, 9.17) is 23.2 Å². The van der Waals surface area contributed by atoms with Crippen LogP contribution in [0.4, 0.5) is 0 Å². The van der Waals surface area contributed by atoms with Crippen LogP contribution < -0.4 is 5.32 Å². The van der Waals surface area contributed by atoms with E-state index in [-0.39, 0.29) is 5.69 Å². The van der Waals surface area contributed by atoms with Crippen LogP contribution in [0.3, 0.4) is 0 Å². The van der Waals surface area contributed by atoms with Gasteiger partial charge in [0.1, 0.15) is 5.54 Å². The summed E-state index contributed by atoms with van der Waals surface area (Å²) in [7, 11) is 0. The van der Waals surface area contributed by atoms with E-state index >= 15 is 0 Å². The van der Waals surface area contributed by atoms with Crippen LogP contribution in [0.5, 0.6) is 0 Å². The minimum absolute atomic E-state index is 0.138. The Balaban J connectivity index is 1.81. The quantitative estimate of drug-likeness (QED) is 0.844. The summed E-state index contributed by atoms with van der Waals surface area (Å²) in [5.41, 5.74) is -0.443. The lowest BCUT2D eigenvalue weighted by Crippen LogP contribution is -2.54. The van der Waals surface area contributed by atoms with Crippen molar-refractivity contribution in [1.29, 1.82) is 0 Å². The summed E-state index contributed by atoms with van der Waals surface area (Å²) in [5.74, 6) is -0.491. The Morgan fingerprint density at radius 3 is 2.71 bits per heavy atom. The van der Waals surface area contributed by atoms with Gasteiger partial charge in [0.15, 0.2) is 5.69 Å². The average molecular weight is 386 g/mol. The van der Waals surface area contributed by atoms with Crippen LogP contribution in [-0.4, -0.2) is 43.8 Å². The van der Waals surface area contributed by atoms with E-state index in [9.17, 15) is 14.7 Å². The highest BCUT2D eigenvalue weighted by Crippen LogP contribution is 2.29. The number of carbonyl (C=O) groups is 2. The molecule has 2 aromatic rings. The zero-order chi connectivity index (χ0) is 17.3. The molecule has 0 spiro atoms. The minimum atomic E-state index is -1.23. The summed E-state index contributed by atoms with van der Waals surface area (Å²) in [6.45, 7) is 0. The first-order valence-corrected chi connectivity index (χ1v) is 8.97. The lowest BCUT2D eigenvalue weighted by Gasteiger charge is -2.23. The number of thioether (sulfide) groups is 1. The van der Waals surface area contributed by atoms with E-state index in [1.807, 2.05) is 0 Å². The largest absolute Gasteiger partial charge is 0.479 e. The number of benzene rings is 1. The number of carboxylic acids is 1. The van der Waals surface area contributed by atoms with Crippen LogP contribution in [0.1, 0.15) is 16.9 Å². The fourth-order valence-electron chi connectivity index (χ4n) is 2.38. The first kappa shape index (κ1) is 17.1. The predicted octanol–water partition coefficient (Wildman–Crippen LogP) is 2.87. The summed E-state index contributed by atoms with van der Waals surface area (Å²) in [4.78, 5) is 23.9. The molecular weight excluding hydrogens is 373 g/mol. The van der Waals surface area contributed by atoms with Crippen molar-refractivity contribution < 1.29 is 14.7 Å². The molecular formula is C15H13Cl2N3O3S. The number of halogens is 2. The molecule has 1 unspecified atom stereocenters. The Labute approximate surface area is 152 Å². The third-order valence-electron chi connectivity index (χ3n) is 3.77. The van der Waals surface area contributed by atoms with Gasteiger partial charge in [0.2, 0.25) is 0 Å². The van der Waals surface area contributed by atoms with Crippen LogP contribution in [0.2, 0.25) is 10.0 Å². The van der Waals surface area contributed by atoms with E-state index < -0.39 is 17.4 Å². The Morgan fingerprint density at radius 2 is 2.08 bits per heavy atom. The van der Waals surface area contributed by atoms with Crippen LogP contribution >= 0.6 is 35.0 Å². The van der Waals surface area contributed by atoms with Crippen molar-refractivity contribution in [1.82, 2.24) is 15.1 Å². The molecule has 0 saturated carbocycles. The number of aliphatic carboxylic acids is 1. The molecule has 126 valence electrons. The van der Waals surface area contributed by atoms with E-state index in [0.29, 0.717) is 33.7 Å². The second kappa shape index (κ2) is 6.66. The molecule has 0 aliphatic carbocycles. The average Bonchev–Trinajstić information content (AvgIpc) is 3.20. The Bertz CT molecular complexity index is 803. The maximum Gasteiger partial charge on any atom is 0.330 e. The summed E-state index contributed by atoms with van der Waals surface area (Å²) < 4.78 is 1.48. The van der Waals surface area contributed by atoms with Crippen molar-refractivity contribution in [2.24, 2.45) is 0 Å². The molecule has 24 heavy (non-hydrogen) atoms. The van der Waals surface area contributed by atoms with E-state index in [1.54, 1.807) is 24.4 Å². The minimum Gasteiger partial charge on any atom is -0.479 e. The van der Waals surface area contributed by atoms with Gasteiger partial charge in [-0.1, -0.05) is 23.2 Å². The lowest BCUT2D eigenvalue weighted by atomic mass is 9.99. The number of carbonyl (C=O) groups excluding carboxylic acids is 1. The van der Waals surface area contributed by atoms with Crippen molar-refractivity contribution in [2.45, 2.75) is 12.0 Å². The highest BCUT2D eigenvalue weighted by Gasteiger charge is 2.43. The van der Waals surface area contributed by atoms with Gasteiger partial charge in [0.25, 0.3) is 5.91 Å². The highest BCUT2D eigenvalue weighted by molar-refractivity contribution is 7.99. The molecule has 1 aliphatic rings. The number of carboxylic acid groups (broad SMARTS) is 1. The lowest BCUT2D eigenvalue weighted by molar-refractivity contribution is -0.143. The third kappa shape index (κ3) is 3.24. The van der Waals surface area contributed by atoms with E-state index in [1.165, 1.54) is 22.5 Å². The second-order valence-electron chi connectivity index (χ2n) is 5.39. The summed E-state index contributed by atoms with van der Waals surface area (Å²) in [5, 5.41) is 17.0. The fourth-order valence-corrected chi connectivity index (χ4v) is 4.00. The van der Waals surface area contributed by atoms with Gasteiger partial charge < -0.3 is 10.4 Å². The molecule has 2 heterocycles. The van der Waals surface area contributed by atoms with Gasteiger partial charge in [0, 0.05) is 11.9 Å². The van der Waals surface area contributed by atoms with Crippen LogP contribution in [0, 0.1) is 0 Å². The second-order valence-corrected chi connectivity index (χ2v) is 7.31. The number of amides is 1.